The Labute approximate surface area is 162 Å². The summed E-state index contributed by atoms with van der Waals surface area (Å²) in [6, 6.07) is 9.19. The molecule has 2 N–H and O–H groups in total. The topological polar surface area (TPSA) is 96.3 Å². The lowest BCUT2D eigenvalue weighted by molar-refractivity contribution is -0.135. The molecule has 0 radical (unpaired) electrons. The number of amides is 4. The maximum absolute atomic E-state index is 12.7. The number of nitrogens with one attached hydrogen (secondary N) is 2. The molecular weight excluding hydrogens is 358 g/mol. The molecule has 2 aromatic rings. The summed E-state index contributed by atoms with van der Waals surface area (Å²) < 4.78 is 1.73. The van der Waals surface area contributed by atoms with E-state index in [0.29, 0.717) is 12.8 Å². The highest BCUT2D eigenvalue weighted by Gasteiger charge is 2.51. The Balaban J connectivity index is 1.33. The molecule has 4 rings (SSSR count). The highest BCUT2D eigenvalue weighted by atomic mass is 16.2. The average Bonchev–Trinajstić information content (AvgIpc) is 3.27. The quantitative estimate of drug-likeness (QED) is 0.771. The molecular formula is C20H23N5O3. The molecule has 1 aromatic heterocycles. The van der Waals surface area contributed by atoms with E-state index in [0.717, 1.165) is 35.4 Å². The van der Waals surface area contributed by atoms with Crippen LogP contribution in [0.3, 0.4) is 0 Å². The molecule has 1 spiro atoms. The van der Waals surface area contributed by atoms with Crippen LogP contribution in [0, 0.1) is 0 Å². The van der Waals surface area contributed by atoms with Gasteiger partial charge in [0.2, 0.25) is 5.91 Å². The number of carbonyl (C=O) groups is 3. The van der Waals surface area contributed by atoms with Crippen LogP contribution < -0.4 is 10.6 Å². The molecule has 8 heteroatoms. The number of para-hydroxylation sites is 1. The molecule has 4 amide bonds. The monoisotopic (exact) mass is 381 g/mol. The number of urea groups is 1. The van der Waals surface area contributed by atoms with Gasteiger partial charge in [0, 0.05) is 18.3 Å². The van der Waals surface area contributed by atoms with Crippen molar-refractivity contribution in [2.75, 3.05) is 6.54 Å². The first-order valence-corrected chi connectivity index (χ1v) is 9.57. The van der Waals surface area contributed by atoms with Crippen molar-refractivity contribution in [1.29, 1.82) is 0 Å². The smallest absolute Gasteiger partial charge is 0.325 e. The Morgan fingerprint density at radius 3 is 2.64 bits per heavy atom. The van der Waals surface area contributed by atoms with Crippen molar-refractivity contribution in [1.82, 2.24) is 25.3 Å². The van der Waals surface area contributed by atoms with Crippen LogP contribution >= 0.6 is 0 Å². The fraction of sp³-hybridized carbons (Fsp3) is 0.400. The van der Waals surface area contributed by atoms with Crippen molar-refractivity contribution in [3.05, 3.63) is 48.3 Å². The second kappa shape index (κ2) is 7.46. The molecule has 1 aliphatic carbocycles. The molecule has 2 heterocycles. The van der Waals surface area contributed by atoms with Gasteiger partial charge >= 0.3 is 6.03 Å². The highest BCUT2D eigenvalue weighted by Crippen LogP contribution is 2.33. The minimum atomic E-state index is -0.799. The number of imide groups is 1. The van der Waals surface area contributed by atoms with Crippen LogP contribution in [0.15, 0.2) is 42.7 Å². The Morgan fingerprint density at radius 2 is 1.89 bits per heavy atom. The number of rotatable bonds is 5. The van der Waals surface area contributed by atoms with Crippen molar-refractivity contribution in [2.45, 2.75) is 44.2 Å². The van der Waals surface area contributed by atoms with Crippen molar-refractivity contribution in [2.24, 2.45) is 0 Å². The van der Waals surface area contributed by atoms with Crippen molar-refractivity contribution in [3.8, 4) is 5.69 Å². The van der Waals surface area contributed by atoms with Gasteiger partial charge in [0.15, 0.2) is 0 Å². The zero-order valence-corrected chi connectivity index (χ0v) is 15.6. The predicted molar refractivity (Wildman–Crippen MR) is 101 cm³/mol. The van der Waals surface area contributed by atoms with Crippen LogP contribution in [-0.4, -0.2) is 44.6 Å². The second-order valence-corrected chi connectivity index (χ2v) is 7.37. The van der Waals surface area contributed by atoms with Crippen LogP contribution in [0.1, 0.15) is 37.7 Å². The van der Waals surface area contributed by atoms with E-state index in [9.17, 15) is 14.4 Å². The summed E-state index contributed by atoms with van der Waals surface area (Å²) in [6.45, 7) is 0.0136. The number of benzene rings is 1. The van der Waals surface area contributed by atoms with E-state index in [1.54, 1.807) is 10.9 Å². The van der Waals surface area contributed by atoms with Gasteiger partial charge in [0.1, 0.15) is 12.1 Å². The lowest BCUT2D eigenvalue weighted by Crippen LogP contribution is -2.49. The molecule has 0 unspecified atom stereocenters. The summed E-state index contributed by atoms with van der Waals surface area (Å²) in [7, 11) is 0. The number of hydrogen-bond donors (Lipinski definition) is 2. The van der Waals surface area contributed by atoms with Gasteiger partial charge < -0.3 is 10.6 Å². The number of hydrogen-bond acceptors (Lipinski definition) is 4. The summed E-state index contributed by atoms with van der Waals surface area (Å²) in [5.41, 5.74) is 0.960. The first kappa shape index (κ1) is 18.2. The average molecular weight is 381 g/mol. The van der Waals surface area contributed by atoms with Gasteiger partial charge in [-0.15, -0.1) is 0 Å². The Kier molecular flexibility index (Phi) is 4.85. The van der Waals surface area contributed by atoms with Crippen molar-refractivity contribution in [3.63, 3.8) is 0 Å². The number of nitrogens with zero attached hydrogens (tertiary/aromatic N) is 3. The van der Waals surface area contributed by atoms with E-state index in [-0.39, 0.29) is 24.9 Å². The van der Waals surface area contributed by atoms with E-state index in [1.807, 2.05) is 36.5 Å². The fourth-order valence-corrected chi connectivity index (χ4v) is 3.89. The van der Waals surface area contributed by atoms with Gasteiger partial charge in [0.25, 0.3) is 5.91 Å². The highest BCUT2D eigenvalue weighted by molar-refractivity contribution is 6.09. The zero-order valence-electron chi connectivity index (χ0n) is 15.6. The van der Waals surface area contributed by atoms with Gasteiger partial charge in [-0.2, -0.15) is 5.10 Å². The lowest BCUT2D eigenvalue weighted by atomic mass is 9.82. The van der Waals surface area contributed by atoms with Crippen LogP contribution in [0.4, 0.5) is 4.79 Å². The summed E-state index contributed by atoms with van der Waals surface area (Å²) in [5, 5.41) is 9.86. The molecule has 2 aliphatic rings. The maximum Gasteiger partial charge on any atom is 0.325 e. The summed E-state index contributed by atoms with van der Waals surface area (Å²) in [6.07, 6.45) is 7.71. The zero-order chi connectivity index (χ0) is 19.6. The summed E-state index contributed by atoms with van der Waals surface area (Å²) in [4.78, 5) is 38.3. The van der Waals surface area contributed by atoms with E-state index < -0.39 is 11.6 Å². The summed E-state index contributed by atoms with van der Waals surface area (Å²) in [5.74, 6) is -0.645. The Hall–Kier alpha value is -3.16. The predicted octanol–water partition coefficient (Wildman–Crippen LogP) is 1.74. The molecule has 28 heavy (non-hydrogen) atoms. The van der Waals surface area contributed by atoms with E-state index in [1.165, 1.54) is 0 Å². The molecule has 1 aromatic carbocycles. The standard InChI is InChI=1S/C20H23N5O3/c26-17(14-24-18(27)20(23-19(24)28)9-5-2-6-10-20)21-11-15-12-22-25(13-15)16-7-3-1-4-8-16/h1,3-4,7-8,12-13H,2,5-6,9-11,14H2,(H,21,26)(H,23,28). The molecule has 1 aliphatic heterocycles. The van der Waals surface area contributed by atoms with Gasteiger partial charge in [-0.3, -0.25) is 14.5 Å². The SMILES string of the molecule is O=C(CN1C(=O)NC2(CCCCC2)C1=O)NCc1cnn(-c2ccccc2)c1. The van der Waals surface area contributed by atoms with E-state index >= 15 is 0 Å². The van der Waals surface area contributed by atoms with Crippen LogP contribution in [0.5, 0.6) is 0 Å². The number of carbonyl (C=O) groups excluding carboxylic acids is 3. The lowest BCUT2D eigenvalue weighted by Gasteiger charge is -2.30. The Morgan fingerprint density at radius 1 is 1.14 bits per heavy atom. The second-order valence-electron chi connectivity index (χ2n) is 7.37. The molecule has 2 fully saturated rings. The fourth-order valence-electron chi connectivity index (χ4n) is 3.89. The maximum atomic E-state index is 12.7. The normalized spacial score (nSPS) is 18.4. The van der Waals surface area contributed by atoms with Crippen LogP contribution in [0.25, 0.3) is 5.69 Å². The van der Waals surface area contributed by atoms with E-state index in [2.05, 4.69) is 15.7 Å². The third-order valence-electron chi connectivity index (χ3n) is 5.40. The molecule has 146 valence electrons. The minimum absolute atomic E-state index is 0.265. The molecule has 8 nitrogen and oxygen atoms in total. The largest absolute Gasteiger partial charge is 0.350 e. The van der Waals surface area contributed by atoms with Gasteiger partial charge in [-0.1, -0.05) is 37.5 Å². The van der Waals surface area contributed by atoms with Gasteiger partial charge in [-0.25, -0.2) is 9.48 Å². The van der Waals surface area contributed by atoms with Crippen LogP contribution in [0.2, 0.25) is 0 Å². The molecule has 0 atom stereocenters. The van der Waals surface area contributed by atoms with Crippen LogP contribution in [-0.2, 0) is 16.1 Å². The van der Waals surface area contributed by atoms with Gasteiger partial charge in [-0.05, 0) is 25.0 Å². The van der Waals surface area contributed by atoms with Crippen molar-refractivity contribution >= 4 is 17.8 Å². The minimum Gasteiger partial charge on any atom is -0.350 e. The first-order valence-electron chi connectivity index (χ1n) is 9.57. The van der Waals surface area contributed by atoms with E-state index in [4.69, 9.17) is 0 Å². The Bertz CT molecular complexity index is 886. The molecule has 1 saturated heterocycles. The molecule has 0 bridgehead atoms. The summed E-state index contributed by atoms with van der Waals surface area (Å²) >= 11 is 0. The first-order chi connectivity index (χ1) is 13.6. The third kappa shape index (κ3) is 3.49. The van der Waals surface area contributed by atoms with Gasteiger partial charge in [0.05, 0.1) is 11.9 Å². The third-order valence-corrected chi connectivity index (χ3v) is 5.40. The van der Waals surface area contributed by atoms with Crippen molar-refractivity contribution < 1.29 is 14.4 Å². The molecule has 1 saturated carbocycles. The number of aromatic nitrogens is 2.